The molecular weight excluding hydrogens is 252 g/mol. The molecule has 1 aromatic carbocycles. The number of nitrogens with zero attached hydrogens (tertiary/aromatic N) is 1. The SMILES string of the molecule is CCSCCN1CC(C)(CC)NCc2ccccc21. The summed E-state index contributed by atoms with van der Waals surface area (Å²) >= 11 is 2.03. The molecule has 0 aliphatic carbocycles. The second-order valence-corrected chi connectivity index (χ2v) is 6.91. The van der Waals surface area contributed by atoms with Gasteiger partial charge in [-0.15, -0.1) is 0 Å². The van der Waals surface area contributed by atoms with Crippen LogP contribution >= 0.6 is 11.8 Å². The molecule has 0 saturated heterocycles. The lowest BCUT2D eigenvalue weighted by molar-refractivity contribution is 0.350. The molecule has 0 aromatic heterocycles. The standard InChI is InChI=1S/C16H26N2S/c1-4-16(3)13-18(10-11-19-5-2)15-9-7-6-8-14(15)12-17-16/h6-9,17H,4-5,10-13H2,1-3H3. The fourth-order valence-corrected chi connectivity index (χ4v) is 3.23. The van der Waals surface area contributed by atoms with E-state index in [2.05, 4.69) is 55.3 Å². The van der Waals surface area contributed by atoms with E-state index in [0.717, 1.165) is 19.6 Å². The maximum Gasteiger partial charge on any atom is 0.0412 e. The Hall–Kier alpha value is -0.670. The van der Waals surface area contributed by atoms with Crippen molar-refractivity contribution in [3.63, 3.8) is 0 Å². The topological polar surface area (TPSA) is 15.3 Å². The lowest BCUT2D eigenvalue weighted by Gasteiger charge is -2.34. The first kappa shape index (κ1) is 14.7. The fraction of sp³-hybridized carbons (Fsp3) is 0.625. The van der Waals surface area contributed by atoms with Crippen molar-refractivity contribution in [2.75, 3.05) is 29.5 Å². The molecule has 1 N–H and O–H groups in total. The van der Waals surface area contributed by atoms with E-state index in [1.807, 2.05) is 11.8 Å². The molecule has 2 rings (SSSR count). The Morgan fingerprint density at radius 2 is 2.11 bits per heavy atom. The van der Waals surface area contributed by atoms with Crippen LogP contribution in [0.2, 0.25) is 0 Å². The van der Waals surface area contributed by atoms with Crippen LogP contribution in [0, 0.1) is 0 Å². The Kier molecular flexibility index (Phi) is 5.17. The van der Waals surface area contributed by atoms with Crippen LogP contribution in [-0.2, 0) is 6.54 Å². The molecule has 0 saturated carbocycles. The maximum absolute atomic E-state index is 3.74. The number of rotatable bonds is 5. The van der Waals surface area contributed by atoms with Gasteiger partial charge in [0, 0.05) is 36.6 Å². The van der Waals surface area contributed by atoms with E-state index in [-0.39, 0.29) is 5.54 Å². The minimum Gasteiger partial charge on any atom is -0.369 e. The van der Waals surface area contributed by atoms with Crippen LogP contribution in [0.25, 0.3) is 0 Å². The first-order valence-corrected chi connectivity index (χ1v) is 8.49. The smallest absolute Gasteiger partial charge is 0.0412 e. The Morgan fingerprint density at radius 3 is 2.84 bits per heavy atom. The van der Waals surface area contributed by atoms with Crippen molar-refractivity contribution in [2.24, 2.45) is 0 Å². The van der Waals surface area contributed by atoms with E-state index in [0.29, 0.717) is 0 Å². The third kappa shape index (κ3) is 3.67. The van der Waals surface area contributed by atoms with Crippen LogP contribution in [0.15, 0.2) is 24.3 Å². The molecule has 1 atom stereocenters. The van der Waals surface area contributed by atoms with Gasteiger partial charge in [0.2, 0.25) is 0 Å². The second kappa shape index (κ2) is 6.67. The minimum absolute atomic E-state index is 0.218. The quantitative estimate of drug-likeness (QED) is 0.830. The predicted octanol–water partition coefficient (Wildman–Crippen LogP) is 3.52. The van der Waals surface area contributed by atoms with Crippen molar-refractivity contribution in [1.29, 1.82) is 0 Å². The number of benzene rings is 1. The average molecular weight is 278 g/mol. The van der Waals surface area contributed by atoms with Gasteiger partial charge < -0.3 is 10.2 Å². The Bertz CT molecular complexity index is 407. The van der Waals surface area contributed by atoms with Crippen molar-refractivity contribution in [3.05, 3.63) is 29.8 Å². The highest BCUT2D eigenvalue weighted by atomic mass is 32.2. The zero-order valence-electron chi connectivity index (χ0n) is 12.4. The van der Waals surface area contributed by atoms with Crippen LogP contribution in [0.4, 0.5) is 5.69 Å². The summed E-state index contributed by atoms with van der Waals surface area (Å²) in [5.74, 6) is 2.42. The van der Waals surface area contributed by atoms with Gasteiger partial charge in [-0.05, 0) is 30.7 Å². The molecule has 0 bridgehead atoms. The van der Waals surface area contributed by atoms with Crippen LogP contribution in [0.5, 0.6) is 0 Å². The number of anilines is 1. The molecule has 0 spiro atoms. The predicted molar refractivity (Wildman–Crippen MR) is 87.2 cm³/mol. The normalized spacial score (nSPS) is 23.0. The molecule has 0 fully saturated rings. The molecule has 2 nitrogen and oxygen atoms in total. The lowest BCUT2D eigenvalue weighted by Crippen LogP contribution is -2.49. The molecule has 1 aromatic rings. The van der Waals surface area contributed by atoms with E-state index in [4.69, 9.17) is 0 Å². The van der Waals surface area contributed by atoms with Crippen molar-refractivity contribution < 1.29 is 0 Å². The van der Waals surface area contributed by atoms with Gasteiger partial charge in [0.1, 0.15) is 0 Å². The highest BCUT2D eigenvalue weighted by molar-refractivity contribution is 7.99. The third-order valence-electron chi connectivity index (χ3n) is 4.07. The van der Waals surface area contributed by atoms with Gasteiger partial charge in [0.05, 0.1) is 0 Å². The summed E-state index contributed by atoms with van der Waals surface area (Å²) in [6.45, 7) is 10.1. The number of fused-ring (bicyclic) bond motifs is 1. The van der Waals surface area contributed by atoms with Gasteiger partial charge >= 0.3 is 0 Å². The summed E-state index contributed by atoms with van der Waals surface area (Å²) < 4.78 is 0. The van der Waals surface area contributed by atoms with Gasteiger partial charge in [0.25, 0.3) is 0 Å². The van der Waals surface area contributed by atoms with E-state index in [9.17, 15) is 0 Å². The van der Waals surface area contributed by atoms with Crippen LogP contribution in [0.3, 0.4) is 0 Å². The lowest BCUT2D eigenvalue weighted by atomic mass is 9.98. The summed E-state index contributed by atoms with van der Waals surface area (Å²) in [7, 11) is 0. The summed E-state index contributed by atoms with van der Waals surface area (Å²) in [6, 6.07) is 8.83. The Balaban J connectivity index is 2.19. The zero-order chi connectivity index (χ0) is 13.7. The highest BCUT2D eigenvalue weighted by Gasteiger charge is 2.28. The maximum atomic E-state index is 3.74. The first-order chi connectivity index (χ1) is 9.18. The van der Waals surface area contributed by atoms with Crippen LogP contribution in [0.1, 0.15) is 32.8 Å². The molecule has 106 valence electrons. The molecule has 19 heavy (non-hydrogen) atoms. The number of hydrogen-bond donors (Lipinski definition) is 1. The molecule has 0 amide bonds. The largest absolute Gasteiger partial charge is 0.369 e. The highest BCUT2D eigenvalue weighted by Crippen LogP contribution is 2.27. The molecule has 1 heterocycles. The van der Waals surface area contributed by atoms with Gasteiger partial charge in [-0.25, -0.2) is 0 Å². The van der Waals surface area contributed by atoms with Crippen molar-refractivity contribution in [3.8, 4) is 0 Å². The van der Waals surface area contributed by atoms with Crippen molar-refractivity contribution >= 4 is 17.4 Å². The van der Waals surface area contributed by atoms with E-state index in [1.165, 1.54) is 29.2 Å². The van der Waals surface area contributed by atoms with E-state index in [1.54, 1.807) is 0 Å². The number of nitrogens with one attached hydrogen (secondary N) is 1. The number of thioether (sulfide) groups is 1. The van der Waals surface area contributed by atoms with Crippen molar-refractivity contribution in [2.45, 2.75) is 39.3 Å². The molecule has 1 aliphatic heterocycles. The molecule has 0 radical (unpaired) electrons. The fourth-order valence-electron chi connectivity index (χ4n) is 2.60. The summed E-state index contributed by atoms with van der Waals surface area (Å²) in [5, 5.41) is 3.74. The average Bonchev–Trinajstić information content (AvgIpc) is 2.58. The minimum atomic E-state index is 0.218. The molecule has 1 aliphatic rings. The number of para-hydroxylation sites is 1. The second-order valence-electron chi connectivity index (χ2n) is 5.51. The van der Waals surface area contributed by atoms with Gasteiger partial charge in [-0.2, -0.15) is 11.8 Å². The monoisotopic (exact) mass is 278 g/mol. The third-order valence-corrected chi connectivity index (χ3v) is 4.95. The van der Waals surface area contributed by atoms with Crippen LogP contribution < -0.4 is 10.2 Å². The van der Waals surface area contributed by atoms with E-state index >= 15 is 0 Å². The van der Waals surface area contributed by atoms with Gasteiger partial charge in [-0.3, -0.25) is 0 Å². The summed E-state index contributed by atoms with van der Waals surface area (Å²) in [4.78, 5) is 2.57. The van der Waals surface area contributed by atoms with Gasteiger partial charge in [0.15, 0.2) is 0 Å². The van der Waals surface area contributed by atoms with E-state index < -0.39 is 0 Å². The van der Waals surface area contributed by atoms with Crippen molar-refractivity contribution in [1.82, 2.24) is 5.32 Å². The van der Waals surface area contributed by atoms with Crippen LogP contribution in [-0.4, -0.2) is 30.1 Å². The molecule has 3 heteroatoms. The first-order valence-electron chi connectivity index (χ1n) is 7.34. The zero-order valence-corrected chi connectivity index (χ0v) is 13.2. The number of hydrogen-bond acceptors (Lipinski definition) is 3. The van der Waals surface area contributed by atoms with Gasteiger partial charge in [-0.1, -0.05) is 32.0 Å². The Morgan fingerprint density at radius 1 is 1.32 bits per heavy atom. The molecule has 1 unspecified atom stereocenters. The molecular formula is C16H26N2S. The summed E-state index contributed by atoms with van der Waals surface area (Å²) in [6.07, 6.45) is 1.17. The Labute approximate surface area is 122 Å². The summed E-state index contributed by atoms with van der Waals surface area (Å²) in [5.41, 5.74) is 3.07.